The molecular formula is C33H39NO4. The van der Waals surface area contributed by atoms with Crippen molar-refractivity contribution >= 4 is 17.6 Å². The Morgan fingerprint density at radius 2 is 1.42 bits per heavy atom. The lowest BCUT2D eigenvalue weighted by Crippen LogP contribution is -2.39. The lowest BCUT2D eigenvalue weighted by molar-refractivity contribution is -0.127. The summed E-state index contributed by atoms with van der Waals surface area (Å²) < 4.78 is 11.2. The van der Waals surface area contributed by atoms with Gasteiger partial charge in [-0.25, -0.2) is 4.79 Å². The van der Waals surface area contributed by atoms with Crippen molar-refractivity contribution in [1.29, 1.82) is 0 Å². The van der Waals surface area contributed by atoms with E-state index in [9.17, 15) is 9.59 Å². The Hall–Kier alpha value is -3.60. The summed E-state index contributed by atoms with van der Waals surface area (Å²) in [5.74, 6) is -0.950. The van der Waals surface area contributed by atoms with Crippen molar-refractivity contribution in [1.82, 2.24) is 0 Å². The number of esters is 1. The standard InChI is InChI=1S/C33H39NO4/c1-5-7-9-11-31(35)34(28-20-21-30-29(22-28)32(36)38-33(3,4)37-30)23-25-14-18-27(19-15-25)26-16-12-24(13-17-26)10-8-6-2/h12-22H,5-11,23H2,1-4H3. The van der Waals surface area contributed by atoms with E-state index in [1.54, 1.807) is 30.9 Å². The van der Waals surface area contributed by atoms with Gasteiger partial charge in [0.25, 0.3) is 0 Å². The lowest BCUT2D eigenvalue weighted by atomic mass is 10.0. The fourth-order valence-electron chi connectivity index (χ4n) is 4.71. The summed E-state index contributed by atoms with van der Waals surface area (Å²) >= 11 is 0. The molecule has 0 saturated heterocycles. The van der Waals surface area contributed by atoms with Gasteiger partial charge in [0.2, 0.25) is 11.7 Å². The molecule has 3 aromatic rings. The van der Waals surface area contributed by atoms with Crippen LogP contribution < -0.4 is 9.64 Å². The number of unbranched alkanes of at least 4 members (excludes halogenated alkanes) is 3. The number of cyclic esters (lactones) is 1. The van der Waals surface area contributed by atoms with Crippen molar-refractivity contribution < 1.29 is 19.1 Å². The summed E-state index contributed by atoms with van der Waals surface area (Å²) in [5, 5.41) is 0. The highest BCUT2D eigenvalue weighted by atomic mass is 16.7. The maximum atomic E-state index is 13.3. The number of hydrogen-bond acceptors (Lipinski definition) is 4. The Morgan fingerprint density at radius 1 is 0.789 bits per heavy atom. The summed E-state index contributed by atoms with van der Waals surface area (Å²) in [7, 11) is 0. The summed E-state index contributed by atoms with van der Waals surface area (Å²) in [6.45, 7) is 8.16. The van der Waals surface area contributed by atoms with E-state index >= 15 is 0 Å². The van der Waals surface area contributed by atoms with Crippen LogP contribution in [0.3, 0.4) is 0 Å². The highest BCUT2D eigenvalue weighted by molar-refractivity contribution is 5.98. The molecule has 1 amide bonds. The van der Waals surface area contributed by atoms with Crippen molar-refractivity contribution in [2.45, 2.75) is 85.0 Å². The zero-order valence-electron chi connectivity index (χ0n) is 23.1. The van der Waals surface area contributed by atoms with Gasteiger partial charge in [-0.1, -0.05) is 81.6 Å². The van der Waals surface area contributed by atoms with Crippen LogP contribution >= 0.6 is 0 Å². The second kappa shape index (κ2) is 12.3. The number of benzene rings is 3. The number of hydrogen-bond donors (Lipinski definition) is 0. The van der Waals surface area contributed by atoms with E-state index in [0.717, 1.165) is 36.8 Å². The Labute approximate surface area is 226 Å². The molecule has 3 aromatic carbocycles. The van der Waals surface area contributed by atoms with Gasteiger partial charge in [0.1, 0.15) is 11.3 Å². The predicted molar refractivity (Wildman–Crippen MR) is 152 cm³/mol. The first-order valence-electron chi connectivity index (χ1n) is 13.8. The third-order valence-corrected chi connectivity index (χ3v) is 6.89. The molecular weight excluding hydrogens is 474 g/mol. The van der Waals surface area contributed by atoms with Crippen LogP contribution in [-0.2, 0) is 22.5 Å². The summed E-state index contributed by atoms with van der Waals surface area (Å²) in [6.07, 6.45) is 6.87. The Morgan fingerprint density at radius 3 is 2.05 bits per heavy atom. The Balaban J connectivity index is 1.55. The van der Waals surface area contributed by atoms with Gasteiger partial charge in [-0.2, -0.15) is 0 Å². The highest BCUT2D eigenvalue weighted by Crippen LogP contribution is 2.34. The molecule has 5 heteroatoms. The van der Waals surface area contributed by atoms with E-state index in [0.29, 0.717) is 30.0 Å². The topological polar surface area (TPSA) is 55.8 Å². The van der Waals surface area contributed by atoms with Crippen LogP contribution in [0.25, 0.3) is 11.1 Å². The monoisotopic (exact) mass is 513 g/mol. The zero-order chi connectivity index (χ0) is 27.1. The van der Waals surface area contributed by atoms with Gasteiger partial charge < -0.3 is 14.4 Å². The smallest absolute Gasteiger partial charge is 0.345 e. The number of amides is 1. The first-order chi connectivity index (χ1) is 18.3. The van der Waals surface area contributed by atoms with Crippen LogP contribution in [0.15, 0.2) is 66.7 Å². The van der Waals surface area contributed by atoms with E-state index in [4.69, 9.17) is 9.47 Å². The van der Waals surface area contributed by atoms with Crippen LogP contribution in [0.4, 0.5) is 5.69 Å². The molecule has 4 rings (SSSR count). The Bertz CT molecular complexity index is 1240. The minimum absolute atomic E-state index is 0.0376. The molecule has 200 valence electrons. The molecule has 0 saturated carbocycles. The second-order valence-electron chi connectivity index (χ2n) is 10.5. The van der Waals surface area contributed by atoms with Gasteiger partial charge in [0.15, 0.2) is 0 Å². The quantitative estimate of drug-likeness (QED) is 0.192. The molecule has 0 radical (unpaired) electrons. The van der Waals surface area contributed by atoms with Crippen molar-refractivity contribution in [2.24, 2.45) is 0 Å². The molecule has 0 aliphatic carbocycles. The van der Waals surface area contributed by atoms with Crippen LogP contribution in [0, 0.1) is 0 Å². The van der Waals surface area contributed by atoms with Gasteiger partial charge in [-0.3, -0.25) is 4.79 Å². The molecule has 0 aromatic heterocycles. The average molecular weight is 514 g/mol. The summed E-state index contributed by atoms with van der Waals surface area (Å²) in [6, 6.07) is 22.5. The van der Waals surface area contributed by atoms with Crippen molar-refractivity contribution in [3.05, 3.63) is 83.4 Å². The molecule has 0 fully saturated rings. The molecule has 0 bridgehead atoms. The zero-order valence-corrected chi connectivity index (χ0v) is 23.1. The fourth-order valence-corrected chi connectivity index (χ4v) is 4.71. The predicted octanol–water partition coefficient (Wildman–Crippen LogP) is 8.10. The van der Waals surface area contributed by atoms with E-state index in [1.807, 2.05) is 6.07 Å². The fraction of sp³-hybridized carbons (Fsp3) is 0.394. The minimum Gasteiger partial charge on any atom is -0.452 e. The third kappa shape index (κ3) is 6.83. The van der Waals surface area contributed by atoms with E-state index in [1.165, 1.54) is 24.0 Å². The third-order valence-electron chi connectivity index (χ3n) is 6.89. The maximum Gasteiger partial charge on any atom is 0.345 e. The molecule has 1 aliphatic rings. The number of carbonyl (C=O) groups is 2. The van der Waals surface area contributed by atoms with E-state index in [-0.39, 0.29) is 5.91 Å². The van der Waals surface area contributed by atoms with Crippen molar-refractivity contribution in [3.8, 4) is 16.9 Å². The van der Waals surface area contributed by atoms with Crippen LogP contribution in [0.5, 0.6) is 5.75 Å². The maximum absolute atomic E-state index is 13.3. The lowest BCUT2D eigenvalue weighted by Gasteiger charge is -2.32. The highest BCUT2D eigenvalue weighted by Gasteiger charge is 2.34. The first-order valence-corrected chi connectivity index (χ1v) is 13.8. The molecule has 38 heavy (non-hydrogen) atoms. The molecule has 0 atom stereocenters. The molecule has 1 heterocycles. The molecule has 5 nitrogen and oxygen atoms in total. The summed E-state index contributed by atoms with van der Waals surface area (Å²) in [4.78, 5) is 27.8. The summed E-state index contributed by atoms with van der Waals surface area (Å²) in [5.41, 5.74) is 5.72. The normalized spacial score (nSPS) is 13.8. The van der Waals surface area contributed by atoms with E-state index in [2.05, 4.69) is 62.4 Å². The SMILES string of the molecule is CCCCCC(=O)N(Cc1ccc(-c2ccc(CCCC)cc2)cc1)c1ccc2c(c1)C(=O)OC(C)(C)O2. The number of rotatable bonds is 11. The van der Waals surface area contributed by atoms with Gasteiger partial charge >= 0.3 is 5.97 Å². The van der Waals surface area contributed by atoms with E-state index < -0.39 is 11.8 Å². The number of aryl methyl sites for hydroxylation is 1. The van der Waals surface area contributed by atoms with Gasteiger partial charge in [-0.05, 0) is 59.7 Å². The second-order valence-corrected chi connectivity index (χ2v) is 10.5. The average Bonchev–Trinajstić information content (AvgIpc) is 2.90. The minimum atomic E-state index is -1.02. The number of fused-ring (bicyclic) bond motifs is 1. The number of carbonyl (C=O) groups excluding carboxylic acids is 2. The number of ether oxygens (including phenoxy) is 2. The van der Waals surface area contributed by atoms with Crippen molar-refractivity contribution in [2.75, 3.05) is 4.90 Å². The molecule has 0 spiro atoms. The Kier molecular flexibility index (Phi) is 8.88. The van der Waals surface area contributed by atoms with Gasteiger partial charge in [-0.15, -0.1) is 0 Å². The van der Waals surface area contributed by atoms with Crippen LogP contribution in [-0.4, -0.2) is 17.7 Å². The number of anilines is 1. The van der Waals surface area contributed by atoms with Crippen LogP contribution in [0.1, 0.15) is 87.7 Å². The van der Waals surface area contributed by atoms with Crippen LogP contribution in [0.2, 0.25) is 0 Å². The largest absolute Gasteiger partial charge is 0.452 e. The number of nitrogens with zero attached hydrogens (tertiary/aromatic N) is 1. The van der Waals surface area contributed by atoms with Gasteiger partial charge in [0, 0.05) is 26.0 Å². The molecule has 0 unspecified atom stereocenters. The molecule has 1 aliphatic heterocycles. The first kappa shape index (κ1) is 27.4. The van der Waals surface area contributed by atoms with Gasteiger partial charge in [0.05, 0.1) is 6.54 Å². The molecule has 0 N–H and O–H groups in total. The van der Waals surface area contributed by atoms with Crippen molar-refractivity contribution in [3.63, 3.8) is 0 Å².